The zero-order chi connectivity index (χ0) is 21.6. The van der Waals surface area contributed by atoms with E-state index in [2.05, 4.69) is 44.2 Å². The van der Waals surface area contributed by atoms with Crippen LogP contribution in [-0.2, 0) is 16.5 Å². The molecule has 0 aliphatic heterocycles. The molecule has 0 saturated carbocycles. The van der Waals surface area contributed by atoms with Crippen molar-refractivity contribution in [2.24, 2.45) is 0 Å². The van der Waals surface area contributed by atoms with Crippen molar-refractivity contribution in [3.05, 3.63) is 65.7 Å². The van der Waals surface area contributed by atoms with Crippen LogP contribution in [0.1, 0.15) is 63.0 Å². The van der Waals surface area contributed by atoms with Crippen molar-refractivity contribution >= 4 is 20.9 Å². The van der Waals surface area contributed by atoms with Crippen LogP contribution in [0.2, 0.25) is 0 Å². The number of benzene rings is 3. The first-order valence-corrected chi connectivity index (χ1v) is 12.4. The molecular formula is C26H32O3S. The largest absolute Gasteiger partial charge is 0.294 e. The first-order valence-electron chi connectivity index (χ1n) is 11.0. The fraction of sp³-hybridized carbons (Fsp3) is 0.385. The second-order valence-electron chi connectivity index (χ2n) is 8.24. The Bertz CT molecular complexity index is 1080. The molecule has 0 fully saturated rings. The topological polar surface area (TPSA) is 54.4 Å². The van der Waals surface area contributed by atoms with Gasteiger partial charge < -0.3 is 0 Å². The zero-order valence-corrected chi connectivity index (χ0v) is 18.8. The average Bonchev–Trinajstić information content (AvgIpc) is 2.71. The summed E-state index contributed by atoms with van der Waals surface area (Å²) >= 11 is 0. The van der Waals surface area contributed by atoms with Gasteiger partial charge >= 0.3 is 0 Å². The molecule has 160 valence electrons. The monoisotopic (exact) mass is 424 g/mol. The van der Waals surface area contributed by atoms with Crippen LogP contribution in [0.25, 0.3) is 21.9 Å². The summed E-state index contributed by atoms with van der Waals surface area (Å²) < 4.78 is 31.8. The second kappa shape index (κ2) is 10.2. The van der Waals surface area contributed by atoms with Gasteiger partial charge in [0.05, 0.1) is 4.90 Å². The van der Waals surface area contributed by atoms with Crippen molar-refractivity contribution in [1.82, 2.24) is 0 Å². The lowest BCUT2D eigenvalue weighted by Crippen LogP contribution is -1.97. The lowest BCUT2D eigenvalue weighted by Gasteiger charge is -2.11. The molecule has 0 amide bonds. The van der Waals surface area contributed by atoms with Crippen LogP contribution in [0.15, 0.2) is 59.5 Å². The van der Waals surface area contributed by atoms with Gasteiger partial charge in [-0.15, -0.1) is 0 Å². The third-order valence-electron chi connectivity index (χ3n) is 5.69. The third-order valence-corrected chi connectivity index (χ3v) is 6.56. The number of hydrogen-bond donors (Lipinski definition) is 1. The minimum absolute atomic E-state index is 0.0832. The SMILES string of the molecule is CCCCCCCCCc1ccc2c(-c3ccc(S(=O)(=O)O)cc3)cc(C)cc2c1. The van der Waals surface area contributed by atoms with E-state index in [0.717, 1.165) is 22.9 Å². The molecule has 30 heavy (non-hydrogen) atoms. The Hall–Kier alpha value is -2.17. The maximum Gasteiger partial charge on any atom is 0.294 e. The van der Waals surface area contributed by atoms with Crippen molar-refractivity contribution in [1.29, 1.82) is 0 Å². The van der Waals surface area contributed by atoms with Gasteiger partial charge in [-0.2, -0.15) is 8.42 Å². The molecule has 0 aliphatic carbocycles. The molecule has 0 heterocycles. The highest BCUT2D eigenvalue weighted by molar-refractivity contribution is 7.85. The Labute approximate surface area is 180 Å². The quantitative estimate of drug-likeness (QED) is 0.273. The van der Waals surface area contributed by atoms with Crippen LogP contribution in [0.4, 0.5) is 0 Å². The van der Waals surface area contributed by atoms with Gasteiger partial charge in [0.1, 0.15) is 0 Å². The smallest absolute Gasteiger partial charge is 0.282 e. The number of aryl methyl sites for hydroxylation is 2. The summed E-state index contributed by atoms with van der Waals surface area (Å²) in [5.74, 6) is 0. The molecule has 0 aromatic heterocycles. The Balaban J connectivity index is 1.76. The highest BCUT2D eigenvalue weighted by Gasteiger charge is 2.11. The predicted octanol–water partition coefficient (Wildman–Crippen LogP) is 7.36. The predicted molar refractivity (Wildman–Crippen MR) is 126 cm³/mol. The maximum absolute atomic E-state index is 11.3. The Morgan fingerprint density at radius 1 is 0.800 bits per heavy atom. The lowest BCUT2D eigenvalue weighted by atomic mass is 9.94. The normalized spacial score (nSPS) is 11.8. The molecule has 0 aliphatic rings. The molecule has 0 spiro atoms. The molecule has 0 radical (unpaired) electrons. The summed E-state index contributed by atoms with van der Waals surface area (Å²) in [5.41, 5.74) is 4.56. The molecule has 1 N–H and O–H groups in total. The van der Waals surface area contributed by atoms with E-state index in [0.29, 0.717) is 0 Å². The third kappa shape index (κ3) is 5.93. The van der Waals surface area contributed by atoms with E-state index in [-0.39, 0.29) is 4.90 Å². The number of unbranched alkanes of at least 4 members (excludes halogenated alkanes) is 6. The minimum Gasteiger partial charge on any atom is -0.282 e. The molecule has 4 heteroatoms. The van der Waals surface area contributed by atoms with E-state index in [1.165, 1.54) is 73.6 Å². The van der Waals surface area contributed by atoms with Crippen LogP contribution in [0, 0.1) is 6.92 Å². The Morgan fingerprint density at radius 3 is 2.13 bits per heavy atom. The van der Waals surface area contributed by atoms with Crippen molar-refractivity contribution in [2.75, 3.05) is 0 Å². The number of rotatable bonds is 10. The molecule has 0 unspecified atom stereocenters. The highest BCUT2D eigenvalue weighted by atomic mass is 32.2. The van der Waals surface area contributed by atoms with Crippen molar-refractivity contribution in [2.45, 2.75) is 70.1 Å². The average molecular weight is 425 g/mol. The van der Waals surface area contributed by atoms with E-state index in [4.69, 9.17) is 0 Å². The van der Waals surface area contributed by atoms with E-state index in [1.54, 1.807) is 12.1 Å². The summed E-state index contributed by atoms with van der Waals surface area (Å²) in [4.78, 5) is -0.0832. The van der Waals surface area contributed by atoms with Gasteiger partial charge in [-0.05, 0) is 64.9 Å². The molecule has 0 atom stereocenters. The summed E-state index contributed by atoms with van der Waals surface area (Å²) in [6.07, 6.45) is 10.3. The van der Waals surface area contributed by atoms with E-state index < -0.39 is 10.1 Å². The Morgan fingerprint density at radius 2 is 1.47 bits per heavy atom. The fourth-order valence-corrected chi connectivity index (χ4v) is 4.54. The lowest BCUT2D eigenvalue weighted by molar-refractivity contribution is 0.483. The van der Waals surface area contributed by atoms with E-state index in [9.17, 15) is 13.0 Å². The first-order chi connectivity index (χ1) is 14.4. The minimum atomic E-state index is -4.18. The van der Waals surface area contributed by atoms with Crippen LogP contribution in [0.3, 0.4) is 0 Å². The van der Waals surface area contributed by atoms with Gasteiger partial charge in [0.25, 0.3) is 10.1 Å². The van der Waals surface area contributed by atoms with Crippen LogP contribution in [0.5, 0.6) is 0 Å². The molecule has 3 nitrogen and oxygen atoms in total. The zero-order valence-electron chi connectivity index (χ0n) is 18.0. The number of fused-ring (bicyclic) bond motifs is 1. The standard InChI is InChI=1S/C26H32O3S/c1-3-4-5-6-7-8-9-10-21-11-16-25-23(19-21)17-20(2)18-26(25)22-12-14-24(15-13-22)30(27,28)29/h11-19H,3-10H2,1-2H3,(H,27,28,29). The maximum atomic E-state index is 11.3. The van der Waals surface area contributed by atoms with Crippen molar-refractivity contribution in [3.8, 4) is 11.1 Å². The van der Waals surface area contributed by atoms with Gasteiger partial charge in [0, 0.05) is 0 Å². The summed E-state index contributed by atoms with van der Waals surface area (Å²) in [7, 11) is -4.18. The van der Waals surface area contributed by atoms with E-state index in [1.807, 2.05) is 0 Å². The van der Waals surface area contributed by atoms with Gasteiger partial charge in [-0.25, -0.2) is 0 Å². The summed E-state index contributed by atoms with van der Waals surface area (Å²) in [6.45, 7) is 4.33. The Kier molecular flexibility index (Phi) is 7.68. The van der Waals surface area contributed by atoms with Gasteiger partial charge in [-0.1, -0.05) is 87.9 Å². The molecule has 3 aromatic carbocycles. The van der Waals surface area contributed by atoms with Gasteiger partial charge in [0.2, 0.25) is 0 Å². The highest BCUT2D eigenvalue weighted by Crippen LogP contribution is 2.32. The van der Waals surface area contributed by atoms with Crippen LogP contribution >= 0.6 is 0 Å². The van der Waals surface area contributed by atoms with Gasteiger partial charge in [-0.3, -0.25) is 4.55 Å². The molecular weight excluding hydrogens is 392 g/mol. The van der Waals surface area contributed by atoms with Crippen LogP contribution < -0.4 is 0 Å². The molecule has 3 rings (SSSR count). The molecule has 0 bridgehead atoms. The fourth-order valence-electron chi connectivity index (χ4n) is 4.06. The van der Waals surface area contributed by atoms with E-state index >= 15 is 0 Å². The van der Waals surface area contributed by atoms with Gasteiger partial charge in [0.15, 0.2) is 0 Å². The van der Waals surface area contributed by atoms with Crippen molar-refractivity contribution in [3.63, 3.8) is 0 Å². The van der Waals surface area contributed by atoms with Crippen LogP contribution in [-0.4, -0.2) is 13.0 Å². The second-order valence-corrected chi connectivity index (χ2v) is 9.66. The van der Waals surface area contributed by atoms with Crippen molar-refractivity contribution < 1.29 is 13.0 Å². The number of hydrogen-bond acceptors (Lipinski definition) is 2. The molecule has 3 aromatic rings. The summed E-state index contributed by atoms with van der Waals surface area (Å²) in [6, 6.07) is 17.4. The summed E-state index contributed by atoms with van der Waals surface area (Å²) in [5, 5.41) is 2.37. The first kappa shape index (κ1) is 22.5. The molecule has 0 saturated heterocycles.